The van der Waals surface area contributed by atoms with E-state index in [0.29, 0.717) is 0 Å². The summed E-state index contributed by atoms with van der Waals surface area (Å²) in [6.07, 6.45) is -2.54. The Morgan fingerprint density at radius 1 is 1.30 bits per heavy atom. The zero-order valence-electron chi connectivity index (χ0n) is 4.44. The number of carboxylic acid groups (broad SMARTS) is 2. The molecule has 0 saturated carbocycles. The molecule has 10 heavy (non-hydrogen) atoms. The summed E-state index contributed by atoms with van der Waals surface area (Å²) in [7, 11) is 0. The Hall–Kier alpha value is 0.705. The number of rotatable bonds is 3. The molecule has 1 atom stereocenters. The van der Waals surface area contributed by atoms with Gasteiger partial charge < -0.3 is 15.3 Å². The monoisotopic (exact) mass is 220 g/mol. The standard InChI is InChI=1S/C4H6O5.Rb.H/c5-2(4(8)9)1-3(6)7;;/h2,5H,1H2,(H,6,7)(H,8,9);;. The normalized spacial score (nSPS) is 11.3. The summed E-state index contributed by atoms with van der Waals surface area (Å²) < 4.78 is 0. The Labute approximate surface area is 106 Å². The number of aliphatic hydroxyl groups excluding tert-OH is 1. The van der Waals surface area contributed by atoms with E-state index in [-0.39, 0.29) is 58.2 Å². The molecular weight excluding hydrogens is 214 g/mol. The van der Waals surface area contributed by atoms with Gasteiger partial charge in [0, 0.05) is 0 Å². The van der Waals surface area contributed by atoms with E-state index in [4.69, 9.17) is 15.3 Å². The molecule has 6 heteroatoms. The number of carbonyl (C=O) groups is 2. The zero-order valence-corrected chi connectivity index (χ0v) is 4.44. The van der Waals surface area contributed by atoms with Crippen molar-refractivity contribution < 1.29 is 24.9 Å². The molecule has 0 amide bonds. The van der Waals surface area contributed by atoms with Crippen LogP contribution in [0.2, 0.25) is 0 Å². The number of hydrogen-bond acceptors (Lipinski definition) is 3. The molecule has 0 aliphatic carbocycles. The molecular formula is C4H7O5Rb. The Kier molecular flexibility index (Phi) is 8.54. The van der Waals surface area contributed by atoms with Crippen LogP contribution in [-0.2, 0) is 9.59 Å². The first-order valence-electron chi connectivity index (χ1n) is 2.16. The third-order valence-corrected chi connectivity index (χ3v) is 0.653. The van der Waals surface area contributed by atoms with E-state index in [9.17, 15) is 9.59 Å². The first-order valence-corrected chi connectivity index (χ1v) is 2.16. The van der Waals surface area contributed by atoms with Gasteiger partial charge in [-0.25, -0.2) is 4.79 Å². The maximum atomic E-state index is 9.72. The van der Waals surface area contributed by atoms with E-state index in [1.807, 2.05) is 0 Å². The van der Waals surface area contributed by atoms with Gasteiger partial charge in [0.05, 0.1) is 6.42 Å². The summed E-state index contributed by atoms with van der Waals surface area (Å²) in [6.45, 7) is 0. The summed E-state index contributed by atoms with van der Waals surface area (Å²) in [5, 5.41) is 24.1. The molecule has 0 spiro atoms. The van der Waals surface area contributed by atoms with E-state index < -0.39 is 24.5 Å². The van der Waals surface area contributed by atoms with E-state index in [1.165, 1.54) is 0 Å². The third-order valence-electron chi connectivity index (χ3n) is 0.653. The summed E-state index contributed by atoms with van der Waals surface area (Å²) in [4.78, 5) is 19.4. The SMILES string of the molecule is O=C(O)CC(O)C(=O)O.[RbH]. The first-order chi connectivity index (χ1) is 4.04. The molecule has 0 heterocycles. The van der Waals surface area contributed by atoms with Crippen molar-refractivity contribution in [2.24, 2.45) is 0 Å². The van der Waals surface area contributed by atoms with E-state index in [0.717, 1.165) is 0 Å². The van der Waals surface area contributed by atoms with Crippen LogP contribution in [0, 0.1) is 0 Å². The molecule has 0 saturated heterocycles. The summed E-state index contributed by atoms with van der Waals surface area (Å²) in [5.41, 5.74) is 0. The summed E-state index contributed by atoms with van der Waals surface area (Å²) in [5.74, 6) is -2.85. The molecule has 1 unspecified atom stereocenters. The van der Waals surface area contributed by atoms with Crippen LogP contribution < -0.4 is 0 Å². The van der Waals surface area contributed by atoms with Gasteiger partial charge in [0.25, 0.3) is 0 Å². The molecule has 0 radical (unpaired) electrons. The molecule has 0 aliphatic heterocycles. The minimum absolute atomic E-state index is 0. The second-order valence-corrected chi connectivity index (χ2v) is 1.45. The Balaban J connectivity index is 0. The van der Waals surface area contributed by atoms with Crippen LogP contribution in [0.3, 0.4) is 0 Å². The van der Waals surface area contributed by atoms with Gasteiger partial charge in [-0.15, -0.1) is 0 Å². The predicted octanol–water partition coefficient (Wildman–Crippen LogP) is -1.74. The average Bonchev–Trinajstić information content (AvgIpc) is 1.63. The molecule has 0 bridgehead atoms. The number of carboxylic acids is 2. The van der Waals surface area contributed by atoms with Gasteiger partial charge in [0.2, 0.25) is 0 Å². The van der Waals surface area contributed by atoms with E-state index in [1.54, 1.807) is 0 Å². The van der Waals surface area contributed by atoms with Crippen LogP contribution in [0.4, 0.5) is 0 Å². The van der Waals surface area contributed by atoms with E-state index >= 15 is 0 Å². The fourth-order valence-corrected chi connectivity index (χ4v) is 0.253. The van der Waals surface area contributed by atoms with Crippen molar-refractivity contribution in [2.45, 2.75) is 12.5 Å². The fourth-order valence-electron chi connectivity index (χ4n) is 0.253. The molecule has 0 aromatic heterocycles. The average molecular weight is 221 g/mol. The van der Waals surface area contributed by atoms with Crippen LogP contribution >= 0.6 is 0 Å². The van der Waals surface area contributed by atoms with Crippen molar-refractivity contribution in [3.63, 3.8) is 0 Å². The van der Waals surface area contributed by atoms with Crippen LogP contribution in [0.5, 0.6) is 0 Å². The third kappa shape index (κ3) is 6.82. The second kappa shape index (κ2) is 6.42. The van der Waals surface area contributed by atoms with Crippen molar-refractivity contribution >= 4 is 70.1 Å². The molecule has 54 valence electrons. The second-order valence-electron chi connectivity index (χ2n) is 1.45. The van der Waals surface area contributed by atoms with Gasteiger partial charge in [-0.3, -0.25) is 4.79 Å². The number of hydrogen-bond donors (Lipinski definition) is 3. The van der Waals surface area contributed by atoms with Crippen molar-refractivity contribution in [1.82, 2.24) is 0 Å². The topological polar surface area (TPSA) is 94.8 Å². The maximum absolute atomic E-state index is 9.72. The Morgan fingerprint density at radius 2 is 1.70 bits per heavy atom. The molecule has 0 aromatic carbocycles. The van der Waals surface area contributed by atoms with Gasteiger partial charge in [-0.1, -0.05) is 0 Å². The van der Waals surface area contributed by atoms with E-state index in [2.05, 4.69) is 0 Å². The first kappa shape index (κ1) is 13.3. The van der Waals surface area contributed by atoms with Gasteiger partial charge >= 0.3 is 70.1 Å². The molecule has 5 nitrogen and oxygen atoms in total. The van der Waals surface area contributed by atoms with Crippen molar-refractivity contribution in [1.29, 1.82) is 0 Å². The number of aliphatic carboxylic acids is 2. The molecule has 0 aromatic rings. The Bertz CT molecular complexity index is 134. The fraction of sp³-hybridized carbons (Fsp3) is 0.500. The zero-order chi connectivity index (χ0) is 7.44. The number of aliphatic hydroxyl groups is 1. The van der Waals surface area contributed by atoms with Crippen LogP contribution in [0.25, 0.3) is 0 Å². The van der Waals surface area contributed by atoms with Crippen molar-refractivity contribution in [3.8, 4) is 0 Å². The molecule has 0 fully saturated rings. The molecule has 0 aliphatic rings. The van der Waals surface area contributed by atoms with Gasteiger partial charge in [-0.05, 0) is 0 Å². The quantitative estimate of drug-likeness (QED) is 0.525. The summed E-state index contributed by atoms with van der Waals surface area (Å²) in [6, 6.07) is 0. The minimum atomic E-state index is -1.79. The van der Waals surface area contributed by atoms with Crippen LogP contribution in [0.15, 0.2) is 0 Å². The van der Waals surface area contributed by atoms with Gasteiger partial charge in [-0.2, -0.15) is 0 Å². The molecule has 3 N–H and O–H groups in total. The predicted molar refractivity (Wildman–Crippen MR) is 33.0 cm³/mol. The van der Waals surface area contributed by atoms with Crippen LogP contribution in [0.1, 0.15) is 6.42 Å². The van der Waals surface area contributed by atoms with Crippen molar-refractivity contribution in [2.75, 3.05) is 0 Å². The summed E-state index contributed by atoms with van der Waals surface area (Å²) >= 11 is 0. The molecule has 0 rings (SSSR count). The van der Waals surface area contributed by atoms with Crippen LogP contribution in [-0.4, -0.2) is 91.5 Å². The van der Waals surface area contributed by atoms with Crippen molar-refractivity contribution in [3.05, 3.63) is 0 Å². The van der Waals surface area contributed by atoms with Gasteiger partial charge in [0.1, 0.15) is 0 Å². The van der Waals surface area contributed by atoms with Gasteiger partial charge in [0.15, 0.2) is 6.10 Å². The Morgan fingerprint density at radius 3 is 1.80 bits per heavy atom.